The van der Waals surface area contributed by atoms with E-state index in [1.165, 1.54) is 35.6 Å². The van der Waals surface area contributed by atoms with Gasteiger partial charge in [0.05, 0.1) is 0 Å². The molecule has 44 heavy (non-hydrogen) atoms. The van der Waals surface area contributed by atoms with Gasteiger partial charge in [0.15, 0.2) is 0 Å². The first kappa shape index (κ1) is 25.2. The fourth-order valence-electron chi connectivity index (χ4n) is 6.22. The van der Waals surface area contributed by atoms with Crippen LogP contribution in [0.4, 0.5) is 0 Å². The standard InChI is InChI=1S/C39H24N4Se/c1-3-12-25(13-4-1)27-22-23-29-28-16-7-9-20-33(28)43(34(29)24-27)39-41-37(26-14-5-2-6-15-26)40-38(42-39)32-19-11-18-31-30-17-8-10-21-35(30)44-36(31)32/h1-24H. The molecule has 0 N–H and O–H groups in total. The van der Waals surface area contributed by atoms with Crippen molar-refractivity contribution in [3.63, 3.8) is 0 Å². The van der Waals surface area contributed by atoms with E-state index >= 15 is 0 Å². The second kappa shape index (κ2) is 10.1. The molecule has 0 saturated heterocycles. The fraction of sp³-hybridized carbons (Fsp3) is 0. The predicted octanol–water partition coefficient (Wildman–Crippen LogP) is 9.33. The Kier molecular flexibility index (Phi) is 5.80. The number of rotatable bonds is 4. The average Bonchev–Trinajstić information content (AvgIpc) is 3.64. The molecule has 0 saturated carbocycles. The maximum atomic E-state index is 5.27. The van der Waals surface area contributed by atoms with Crippen LogP contribution < -0.4 is 0 Å². The summed E-state index contributed by atoms with van der Waals surface area (Å²) >= 11 is 0.166. The second-order valence-corrected chi connectivity index (χ2v) is 13.1. The number of para-hydroxylation sites is 1. The molecule has 6 aromatic carbocycles. The number of fused-ring (bicyclic) bond motifs is 6. The van der Waals surface area contributed by atoms with Crippen LogP contribution in [-0.4, -0.2) is 34.0 Å². The van der Waals surface area contributed by atoms with Crippen molar-refractivity contribution in [3.8, 4) is 39.9 Å². The Morgan fingerprint density at radius 1 is 0.432 bits per heavy atom. The number of hydrogen-bond acceptors (Lipinski definition) is 3. The summed E-state index contributed by atoms with van der Waals surface area (Å²) in [5.41, 5.74) is 6.50. The summed E-state index contributed by atoms with van der Waals surface area (Å²) in [5.74, 6) is 1.98. The summed E-state index contributed by atoms with van der Waals surface area (Å²) < 4.78 is 4.93. The molecule has 9 aromatic rings. The van der Waals surface area contributed by atoms with Crippen LogP contribution in [-0.2, 0) is 0 Å². The maximum absolute atomic E-state index is 5.27. The van der Waals surface area contributed by atoms with E-state index in [0.29, 0.717) is 17.6 Å². The minimum atomic E-state index is 0.166. The summed E-state index contributed by atoms with van der Waals surface area (Å²) in [6.07, 6.45) is 0. The first-order chi connectivity index (χ1) is 21.8. The molecule has 9 rings (SSSR count). The molecule has 0 amide bonds. The van der Waals surface area contributed by atoms with E-state index in [-0.39, 0.29) is 14.5 Å². The normalized spacial score (nSPS) is 11.6. The van der Waals surface area contributed by atoms with E-state index < -0.39 is 0 Å². The first-order valence-corrected chi connectivity index (χ1v) is 16.3. The van der Waals surface area contributed by atoms with Crippen molar-refractivity contribution in [2.75, 3.05) is 0 Å². The Bertz CT molecular complexity index is 2490. The molecule has 4 nitrogen and oxygen atoms in total. The zero-order valence-electron chi connectivity index (χ0n) is 23.6. The molecule has 3 heterocycles. The average molecular weight is 628 g/mol. The number of aromatic nitrogens is 4. The van der Waals surface area contributed by atoms with Gasteiger partial charge in [-0.15, -0.1) is 0 Å². The molecule has 0 radical (unpaired) electrons. The Labute approximate surface area is 259 Å². The van der Waals surface area contributed by atoms with Gasteiger partial charge < -0.3 is 0 Å². The first-order valence-electron chi connectivity index (χ1n) is 14.6. The van der Waals surface area contributed by atoms with Gasteiger partial charge in [0.25, 0.3) is 0 Å². The van der Waals surface area contributed by atoms with Gasteiger partial charge in [0.2, 0.25) is 0 Å². The summed E-state index contributed by atoms with van der Waals surface area (Å²) in [6, 6.07) is 51.2. The van der Waals surface area contributed by atoms with Crippen LogP contribution in [0.15, 0.2) is 146 Å². The van der Waals surface area contributed by atoms with Crippen molar-refractivity contribution in [2.24, 2.45) is 0 Å². The van der Waals surface area contributed by atoms with Crippen LogP contribution in [0.3, 0.4) is 0 Å². The molecule has 0 spiro atoms. The van der Waals surface area contributed by atoms with Crippen LogP contribution >= 0.6 is 0 Å². The Morgan fingerprint density at radius 2 is 1.09 bits per heavy atom. The Morgan fingerprint density at radius 3 is 1.93 bits per heavy atom. The third-order valence-corrected chi connectivity index (χ3v) is 10.8. The molecular weight excluding hydrogens is 603 g/mol. The molecular formula is C39H24N4Se. The van der Waals surface area contributed by atoms with Gasteiger partial charge in [0, 0.05) is 0 Å². The summed E-state index contributed by atoms with van der Waals surface area (Å²) in [6.45, 7) is 0. The van der Waals surface area contributed by atoms with E-state index in [0.717, 1.165) is 27.7 Å². The van der Waals surface area contributed by atoms with Gasteiger partial charge in [-0.25, -0.2) is 0 Å². The number of benzene rings is 6. The third-order valence-electron chi connectivity index (χ3n) is 8.28. The number of hydrogen-bond donors (Lipinski definition) is 0. The topological polar surface area (TPSA) is 43.6 Å². The van der Waals surface area contributed by atoms with E-state index in [1.54, 1.807) is 0 Å². The number of nitrogens with zero attached hydrogens (tertiary/aromatic N) is 4. The van der Waals surface area contributed by atoms with Crippen molar-refractivity contribution in [2.45, 2.75) is 0 Å². The molecule has 0 aliphatic heterocycles. The molecule has 0 bridgehead atoms. The molecule has 0 aliphatic carbocycles. The molecule has 206 valence electrons. The molecule has 0 aliphatic rings. The molecule has 5 heteroatoms. The predicted molar refractivity (Wildman–Crippen MR) is 182 cm³/mol. The van der Waals surface area contributed by atoms with E-state index in [2.05, 4.69) is 132 Å². The van der Waals surface area contributed by atoms with Gasteiger partial charge in [-0.05, 0) is 0 Å². The quantitative estimate of drug-likeness (QED) is 0.183. The zero-order chi connectivity index (χ0) is 29.0. The van der Waals surface area contributed by atoms with Crippen LogP contribution in [0.5, 0.6) is 0 Å². The van der Waals surface area contributed by atoms with Gasteiger partial charge in [-0.2, -0.15) is 0 Å². The van der Waals surface area contributed by atoms with Gasteiger partial charge in [-0.1, -0.05) is 6.07 Å². The molecule has 0 atom stereocenters. The van der Waals surface area contributed by atoms with Crippen molar-refractivity contribution >= 4 is 55.6 Å². The van der Waals surface area contributed by atoms with Crippen LogP contribution in [0.2, 0.25) is 0 Å². The summed E-state index contributed by atoms with van der Waals surface area (Å²) in [7, 11) is 0. The fourth-order valence-corrected chi connectivity index (χ4v) is 8.76. The van der Waals surface area contributed by atoms with E-state index in [4.69, 9.17) is 15.0 Å². The second-order valence-electron chi connectivity index (χ2n) is 10.9. The van der Waals surface area contributed by atoms with E-state index in [9.17, 15) is 0 Å². The summed E-state index contributed by atoms with van der Waals surface area (Å²) in [4.78, 5) is 15.5. The molecule has 3 aromatic heterocycles. The van der Waals surface area contributed by atoms with Crippen molar-refractivity contribution in [3.05, 3.63) is 146 Å². The SMILES string of the molecule is c1ccc(-c2ccc3c4ccccc4n(-c4nc(-c5ccccc5)nc(-c5cccc6c5[se]c5ccccc56)n4)c3c2)cc1. The van der Waals surface area contributed by atoms with Crippen molar-refractivity contribution in [1.29, 1.82) is 0 Å². The van der Waals surface area contributed by atoms with Crippen LogP contribution in [0, 0.1) is 0 Å². The summed E-state index contributed by atoms with van der Waals surface area (Å²) in [5, 5.41) is 4.94. The van der Waals surface area contributed by atoms with Gasteiger partial charge in [0.1, 0.15) is 0 Å². The van der Waals surface area contributed by atoms with Crippen molar-refractivity contribution in [1.82, 2.24) is 19.5 Å². The zero-order valence-corrected chi connectivity index (χ0v) is 25.3. The monoisotopic (exact) mass is 628 g/mol. The molecule has 0 fully saturated rings. The van der Waals surface area contributed by atoms with Gasteiger partial charge in [-0.3, -0.25) is 0 Å². The van der Waals surface area contributed by atoms with E-state index in [1.807, 2.05) is 18.2 Å². The Balaban J connectivity index is 1.36. The minimum absolute atomic E-state index is 0.166. The van der Waals surface area contributed by atoms with Crippen molar-refractivity contribution < 1.29 is 0 Å². The van der Waals surface area contributed by atoms with Gasteiger partial charge >= 0.3 is 254 Å². The molecule has 0 unspecified atom stereocenters. The van der Waals surface area contributed by atoms with Crippen LogP contribution in [0.25, 0.3) is 80.9 Å². The Hall–Kier alpha value is -5.35. The third kappa shape index (κ3) is 4.02. The van der Waals surface area contributed by atoms with Crippen LogP contribution in [0.1, 0.15) is 0 Å².